The second-order valence-corrected chi connectivity index (χ2v) is 0.933. The highest BCUT2D eigenvalue weighted by Gasteiger charge is 1.53. The molecule has 0 rings (SSSR count). The van der Waals surface area contributed by atoms with Gasteiger partial charge in [0.25, 0.3) is 0 Å². The van der Waals surface area contributed by atoms with Crippen LogP contribution in [0.3, 0.4) is 0 Å². The summed E-state index contributed by atoms with van der Waals surface area (Å²) in [6, 6.07) is 0. The summed E-state index contributed by atoms with van der Waals surface area (Å²) < 4.78 is 4.56. The Labute approximate surface area is 44.0 Å². The van der Waals surface area contributed by atoms with Crippen LogP contribution in [0.4, 0.5) is 0 Å². The van der Waals surface area contributed by atoms with Gasteiger partial charge in [-0.3, -0.25) is 0 Å². The zero-order valence-corrected chi connectivity index (χ0v) is 4.56. The van der Waals surface area contributed by atoms with Gasteiger partial charge >= 0.3 is 0 Å². The van der Waals surface area contributed by atoms with Gasteiger partial charge in [0.15, 0.2) is 0 Å². The van der Waals surface area contributed by atoms with E-state index in [9.17, 15) is 0 Å². The topological polar surface area (TPSA) is 9.23 Å². The molecule has 0 N–H and O–H groups in total. The molecule has 0 aromatic heterocycles. The van der Waals surface area contributed by atoms with E-state index in [2.05, 4.69) is 16.6 Å². The smallest absolute Gasteiger partial charge is 0.0908 e. The summed E-state index contributed by atoms with van der Waals surface area (Å²) in [5, 5.41) is 0. The van der Waals surface area contributed by atoms with Gasteiger partial charge in [-0.15, -0.1) is 5.92 Å². The van der Waals surface area contributed by atoms with Gasteiger partial charge in [0.1, 0.15) is 0 Å². The Kier molecular flexibility index (Phi) is 4.44. The van der Waals surface area contributed by atoms with E-state index in [1.165, 1.54) is 6.26 Å². The van der Waals surface area contributed by atoms with E-state index in [-0.39, 0.29) is 0 Å². The first-order valence-corrected chi connectivity index (χ1v) is 2.02. The third-order valence-electron chi connectivity index (χ3n) is 0.432. The van der Waals surface area contributed by atoms with Gasteiger partial charge in [-0.1, -0.05) is 5.92 Å². The fourth-order valence-corrected chi connectivity index (χ4v) is 0.185. The van der Waals surface area contributed by atoms with Crippen molar-refractivity contribution in [3.8, 4) is 11.8 Å². The molecule has 0 aliphatic carbocycles. The summed E-state index contributed by atoms with van der Waals surface area (Å²) in [6.07, 6.45) is 3.19. The van der Waals surface area contributed by atoms with Crippen LogP contribution >= 0.6 is 0 Å². The lowest BCUT2D eigenvalue weighted by atomic mass is 10.6. The second-order valence-electron chi connectivity index (χ2n) is 0.933. The number of ether oxygens (including phenoxy) is 1. The zero-order valence-electron chi connectivity index (χ0n) is 4.56. The maximum Gasteiger partial charge on any atom is 0.0908 e. The van der Waals surface area contributed by atoms with Crippen LogP contribution in [0.25, 0.3) is 0 Å². The van der Waals surface area contributed by atoms with Gasteiger partial charge in [-0.05, 0) is 6.92 Å². The Morgan fingerprint density at radius 3 is 2.71 bits per heavy atom. The summed E-state index contributed by atoms with van der Waals surface area (Å²) in [6.45, 7) is 1.78. The molecule has 1 heteroatoms. The predicted molar refractivity (Wildman–Crippen MR) is 29.6 cm³/mol. The Bertz CT molecular complexity index is 103. The van der Waals surface area contributed by atoms with Crippen molar-refractivity contribution in [2.45, 2.75) is 6.92 Å². The molecule has 1 nitrogen and oxygen atoms in total. The van der Waals surface area contributed by atoms with E-state index in [4.69, 9.17) is 0 Å². The van der Waals surface area contributed by atoms with Gasteiger partial charge in [0.05, 0.1) is 13.4 Å². The highest BCUT2D eigenvalue weighted by Crippen LogP contribution is 1.66. The minimum atomic E-state index is 1.54. The highest BCUT2D eigenvalue weighted by molar-refractivity contribution is 5.11. The van der Waals surface area contributed by atoms with Crippen molar-refractivity contribution in [2.75, 3.05) is 7.11 Å². The van der Waals surface area contributed by atoms with Gasteiger partial charge in [-0.2, -0.15) is 0 Å². The standard InChI is InChI=1S/C6H8O/c1-3-4-5-6-7-2/h5-6H,1-2H3/b6-5+. The lowest BCUT2D eigenvalue weighted by molar-refractivity contribution is 0.338. The summed E-state index contributed by atoms with van der Waals surface area (Å²) in [4.78, 5) is 0. The Morgan fingerprint density at radius 1 is 1.57 bits per heavy atom. The molecular formula is C6H8O. The maximum atomic E-state index is 4.56. The molecule has 0 saturated heterocycles. The summed E-state index contributed by atoms with van der Waals surface area (Å²) in [5.41, 5.74) is 0. The van der Waals surface area contributed by atoms with Crippen LogP contribution < -0.4 is 0 Å². The Morgan fingerprint density at radius 2 is 2.29 bits per heavy atom. The molecule has 0 spiro atoms. The zero-order chi connectivity index (χ0) is 5.54. The number of hydrogen-bond donors (Lipinski definition) is 0. The molecule has 7 heavy (non-hydrogen) atoms. The Balaban J connectivity index is 3.21. The van der Waals surface area contributed by atoms with Crippen molar-refractivity contribution < 1.29 is 4.74 Å². The number of hydrogen-bond acceptors (Lipinski definition) is 1. The van der Waals surface area contributed by atoms with Crippen molar-refractivity contribution in [1.29, 1.82) is 0 Å². The molecule has 0 heterocycles. The molecule has 0 aliphatic heterocycles. The van der Waals surface area contributed by atoms with Gasteiger partial charge in [0.2, 0.25) is 0 Å². The van der Waals surface area contributed by atoms with Crippen LogP contribution in [-0.4, -0.2) is 7.11 Å². The average molecular weight is 96.1 g/mol. The predicted octanol–water partition coefficient (Wildman–Crippen LogP) is 1.17. The second kappa shape index (κ2) is 5.10. The van der Waals surface area contributed by atoms with Crippen molar-refractivity contribution in [3.63, 3.8) is 0 Å². The molecule has 0 aromatic carbocycles. The molecule has 0 bridgehead atoms. The molecule has 0 unspecified atom stereocenters. The third-order valence-corrected chi connectivity index (χ3v) is 0.432. The van der Waals surface area contributed by atoms with Crippen LogP contribution in [0.5, 0.6) is 0 Å². The SMILES string of the molecule is CC#C/C=C/OC. The quantitative estimate of drug-likeness (QED) is 0.351. The van der Waals surface area contributed by atoms with Crippen LogP contribution in [0.15, 0.2) is 12.3 Å². The molecule has 0 radical (unpaired) electrons. The minimum absolute atomic E-state index is 1.54. The van der Waals surface area contributed by atoms with E-state index in [1.807, 2.05) is 0 Å². The van der Waals surface area contributed by atoms with Gasteiger partial charge in [0, 0.05) is 6.08 Å². The molecule has 0 aromatic rings. The normalized spacial score (nSPS) is 7.71. The maximum absolute atomic E-state index is 4.56. The van der Waals surface area contributed by atoms with Crippen LogP contribution in [-0.2, 0) is 4.74 Å². The first kappa shape index (κ1) is 6.10. The monoisotopic (exact) mass is 96.1 g/mol. The van der Waals surface area contributed by atoms with Crippen molar-refractivity contribution in [1.82, 2.24) is 0 Å². The van der Waals surface area contributed by atoms with E-state index >= 15 is 0 Å². The number of allylic oxidation sites excluding steroid dienone is 1. The van der Waals surface area contributed by atoms with Crippen LogP contribution in [0, 0.1) is 11.8 Å². The van der Waals surface area contributed by atoms with E-state index in [0.29, 0.717) is 0 Å². The van der Waals surface area contributed by atoms with Crippen molar-refractivity contribution in [2.24, 2.45) is 0 Å². The Hall–Kier alpha value is -0.900. The molecular weight excluding hydrogens is 88.1 g/mol. The third kappa shape index (κ3) is 5.10. The van der Waals surface area contributed by atoms with E-state index in [1.54, 1.807) is 20.1 Å². The van der Waals surface area contributed by atoms with E-state index in [0.717, 1.165) is 0 Å². The lowest BCUT2D eigenvalue weighted by Gasteiger charge is -1.77. The fourth-order valence-electron chi connectivity index (χ4n) is 0.185. The summed E-state index contributed by atoms with van der Waals surface area (Å²) in [7, 11) is 1.59. The first-order valence-electron chi connectivity index (χ1n) is 2.02. The molecule has 38 valence electrons. The lowest BCUT2D eigenvalue weighted by Crippen LogP contribution is -1.60. The molecule has 0 fully saturated rings. The summed E-state index contributed by atoms with van der Waals surface area (Å²) in [5.74, 6) is 5.38. The minimum Gasteiger partial charge on any atom is -0.504 e. The highest BCUT2D eigenvalue weighted by atomic mass is 16.5. The largest absolute Gasteiger partial charge is 0.504 e. The van der Waals surface area contributed by atoms with Crippen molar-refractivity contribution in [3.05, 3.63) is 12.3 Å². The molecule has 0 aliphatic rings. The van der Waals surface area contributed by atoms with Gasteiger partial charge < -0.3 is 4.74 Å². The van der Waals surface area contributed by atoms with Crippen molar-refractivity contribution >= 4 is 0 Å². The van der Waals surface area contributed by atoms with Crippen LogP contribution in [0.1, 0.15) is 6.92 Å². The summed E-state index contributed by atoms with van der Waals surface area (Å²) >= 11 is 0. The number of methoxy groups -OCH3 is 1. The molecule has 0 amide bonds. The van der Waals surface area contributed by atoms with Gasteiger partial charge in [-0.25, -0.2) is 0 Å². The van der Waals surface area contributed by atoms with Crippen LogP contribution in [0.2, 0.25) is 0 Å². The number of rotatable bonds is 1. The molecule has 0 saturated carbocycles. The van der Waals surface area contributed by atoms with E-state index < -0.39 is 0 Å². The molecule has 0 atom stereocenters. The average Bonchev–Trinajstić information content (AvgIpc) is 1.69. The fraction of sp³-hybridized carbons (Fsp3) is 0.333. The first-order chi connectivity index (χ1) is 3.41.